The van der Waals surface area contributed by atoms with Gasteiger partial charge in [-0.15, -0.1) is 0 Å². The van der Waals surface area contributed by atoms with Crippen LogP contribution in [0.25, 0.3) is 11.0 Å². The summed E-state index contributed by atoms with van der Waals surface area (Å²) in [5.41, 5.74) is 2.78. The van der Waals surface area contributed by atoms with E-state index in [1.807, 2.05) is 6.07 Å². The van der Waals surface area contributed by atoms with Crippen LogP contribution in [0.1, 0.15) is 62.1 Å². The highest BCUT2D eigenvalue weighted by atomic mass is 32.1. The standard InChI is InChI=1S/C42H42FN7O6S/c1-25-18-28(6-4-26(25)21-44)49-39(54)41(2,3)50(40(49)57)29-7-10-34(33(43)20-29)56-24-42(12-13-42)48-16-14-47(15-17-48)22-37(52)45-27-5-8-30-32(23-55-35(30)19-27)31-9-11-36(51)46-38(31)53/h4-8,10,18-20,23,31H,9,11-17,22,24H2,1-3H3,(H,45,52)(H,46,51,53). The van der Waals surface area contributed by atoms with Crippen LogP contribution in [0.3, 0.4) is 0 Å². The van der Waals surface area contributed by atoms with E-state index in [-0.39, 0.29) is 53.0 Å². The van der Waals surface area contributed by atoms with Crippen LogP contribution in [0.2, 0.25) is 0 Å². The lowest BCUT2D eigenvalue weighted by atomic mass is 9.90. The third-order valence-electron chi connectivity index (χ3n) is 11.7. The fourth-order valence-electron chi connectivity index (χ4n) is 8.19. The van der Waals surface area contributed by atoms with Gasteiger partial charge >= 0.3 is 0 Å². The number of rotatable bonds is 10. The number of thiocarbonyl (C=S) groups is 1. The highest BCUT2D eigenvalue weighted by molar-refractivity contribution is 7.81. The second-order valence-corrected chi connectivity index (χ2v) is 16.1. The Morgan fingerprint density at radius 3 is 2.49 bits per heavy atom. The average molecular weight is 792 g/mol. The molecule has 0 radical (unpaired) electrons. The van der Waals surface area contributed by atoms with Gasteiger partial charge in [-0.25, -0.2) is 4.39 Å². The quantitative estimate of drug-likeness (QED) is 0.158. The molecule has 4 aliphatic rings. The Labute approximate surface area is 334 Å². The number of anilines is 3. The number of carbonyl (C=O) groups excluding carboxylic acids is 4. The van der Waals surface area contributed by atoms with Crippen molar-refractivity contribution in [3.8, 4) is 11.8 Å². The van der Waals surface area contributed by atoms with E-state index < -0.39 is 17.3 Å². The number of amides is 4. The van der Waals surface area contributed by atoms with E-state index in [0.29, 0.717) is 54.3 Å². The number of benzene rings is 3. The minimum Gasteiger partial charge on any atom is -0.489 e. The van der Waals surface area contributed by atoms with Crippen molar-refractivity contribution in [2.75, 3.05) is 54.4 Å². The normalized spacial score (nSPS) is 20.8. The lowest BCUT2D eigenvalue weighted by Crippen LogP contribution is -2.54. The van der Waals surface area contributed by atoms with E-state index in [0.717, 1.165) is 42.4 Å². The number of fused-ring (bicyclic) bond motifs is 1. The molecule has 1 unspecified atom stereocenters. The molecule has 1 aliphatic carbocycles. The van der Waals surface area contributed by atoms with Gasteiger partial charge in [0.15, 0.2) is 16.7 Å². The van der Waals surface area contributed by atoms with E-state index in [1.165, 1.54) is 11.0 Å². The van der Waals surface area contributed by atoms with E-state index in [2.05, 4.69) is 26.5 Å². The van der Waals surface area contributed by atoms with Gasteiger partial charge < -0.3 is 19.4 Å². The monoisotopic (exact) mass is 791 g/mol. The highest BCUT2D eigenvalue weighted by Crippen LogP contribution is 2.44. The second kappa shape index (κ2) is 14.7. The molecule has 1 saturated carbocycles. The highest BCUT2D eigenvalue weighted by Gasteiger charge is 2.51. The summed E-state index contributed by atoms with van der Waals surface area (Å²) in [5, 5.41) is 15.7. The van der Waals surface area contributed by atoms with Gasteiger partial charge in [-0.3, -0.25) is 39.2 Å². The number of hydrogen-bond acceptors (Lipinski definition) is 10. The van der Waals surface area contributed by atoms with Crippen molar-refractivity contribution < 1.29 is 32.7 Å². The van der Waals surface area contributed by atoms with Crippen LogP contribution in [0.15, 0.2) is 65.3 Å². The number of aryl methyl sites for hydroxylation is 1. The maximum absolute atomic E-state index is 15.7. The summed E-state index contributed by atoms with van der Waals surface area (Å²) in [6, 6.07) is 17.2. The van der Waals surface area contributed by atoms with Crippen LogP contribution in [-0.4, -0.2) is 88.9 Å². The molecule has 294 valence electrons. The molecule has 8 rings (SSSR count). The maximum Gasteiger partial charge on any atom is 0.259 e. The van der Waals surface area contributed by atoms with Crippen LogP contribution in [0.5, 0.6) is 5.75 Å². The Morgan fingerprint density at radius 2 is 1.81 bits per heavy atom. The summed E-state index contributed by atoms with van der Waals surface area (Å²) < 4.78 is 27.5. The molecule has 1 atom stereocenters. The largest absolute Gasteiger partial charge is 0.489 e. The number of furan rings is 1. The minimum absolute atomic E-state index is 0.120. The molecule has 4 aromatic rings. The zero-order valence-electron chi connectivity index (χ0n) is 31.9. The number of halogens is 1. The van der Waals surface area contributed by atoms with E-state index in [1.54, 1.807) is 74.4 Å². The number of nitriles is 1. The Balaban J connectivity index is 0.839. The van der Waals surface area contributed by atoms with E-state index in [4.69, 9.17) is 21.4 Å². The van der Waals surface area contributed by atoms with Crippen molar-refractivity contribution in [2.24, 2.45) is 0 Å². The predicted molar refractivity (Wildman–Crippen MR) is 214 cm³/mol. The molecular weight excluding hydrogens is 750 g/mol. The molecule has 15 heteroatoms. The number of carbonyl (C=O) groups is 4. The van der Waals surface area contributed by atoms with Crippen LogP contribution in [-0.2, 0) is 19.2 Å². The lowest BCUT2D eigenvalue weighted by Gasteiger charge is -2.39. The molecule has 57 heavy (non-hydrogen) atoms. The van der Waals surface area contributed by atoms with Crippen molar-refractivity contribution in [3.05, 3.63) is 83.4 Å². The molecule has 0 spiro atoms. The lowest BCUT2D eigenvalue weighted by molar-refractivity contribution is -0.134. The number of nitrogens with one attached hydrogen (secondary N) is 2. The molecule has 3 saturated heterocycles. The van der Waals surface area contributed by atoms with Crippen LogP contribution < -0.4 is 25.2 Å². The number of piperidine rings is 1. The van der Waals surface area contributed by atoms with Gasteiger partial charge in [-0.2, -0.15) is 5.26 Å². The zero-order chi connectivity index (χ0) is 40.2. The average Bonchev–Trinajstić information content (AvgIpc) is 3.81. The van der Waals surface area contributed by atoms with Crippen LogP contribution in [0.4, 0.5) is 21.5 Å². The molecule has 4 amide bonds. The summed E-state index contributed by atoms with van der Waals surface area (Å²) in [6.45, 7) is 8.69. The number of nitrogens with zero attached hydrogens (tertiary/aromatic N) is 5. The van der Waals surface area contributed by atoms with Crippen molar-refractivity contribution in [2.45, 2.75) is 63.5 Å². The predicted octanol–water partition coefficient (Wildman–Crippen LogP) is 5.36. The summed E-state index contributed by atoms with van der Waals surface area (Å²) in [4.78, 5) is 58.2. The molecule has 2 N–H and O–H groups in total. The van der Waals surface area contributed by atoms with Crippen LogP contribution in [0, 0.1) is 24.1 Å². The van der Waals surface area contributed by atoms with Crippen molar-refractivity contribution >= 4 is 69.0 Å². The first-order valence-electron chi connectivity index (χ1n) is 19.0. The fourth-order valence-corrected chi connectivity index (χ4v) is 8.72. The molecule has 4 heterocycles. The Morgan fingerprint density at radius 1 is 1.05 bits per heavy atom. The minimum atomic E-state index is -1.09. The smallest absolute Gasteiger partial charge is 0.259 e. The van der Waals surface area contributed by atoms with Gasteiger partial charge in [0.25, 0.3) is 5.91 Å². The molecule has 3 aliphatic heterocycles. The Bertz CT molecular complexity index is 2380. The summed E-state index contributed by atoms with van der Waals surface area (Å²) in [6.07, 6.45) is 4.10. The van der Waals surface area contributed by atoms with Gasteiger partial charge in [0.1, 0.15) is 17.7 Å². The number of hydrogen-bond donors (Lipinski definition) is 2. The number of piperazine rings is 1. The summed E-state index contributed by atoms with van der Waals surface area (Å²) in [7, 11) is 0. The van der Waals surface area contributed by atoms with Crippen molar-refractivity contribution in [3.63, 3.8) is 0 Å². The van der Waals surface area contributed by atoms with Gasteiger partial charge in [0.05, 0.1) is 41.6 Å². The van der Waals surface area contributed by atoms with E-state index in [9.17, 15) is 24.4 Å². The molecule has 13 nitrogen and oxygen atoms in total. The fraction of sp³-hybridized carbons (Fsp3) is 0.381. The van der Waals surface area contributed by atoms with Crippen molar-refractivity contribution in [1.82, 2.24) is 15.1 Å². The Hall–Kier alpha value is -5.69. The van der Waals surface area contributed by atoms with Crippen molar-refractivity contribution in [1.29, 1.82) is 5.26 Å². The molecule has 4 fully saturated rings. The molecule has 3 aromatic carbocycles. The first-order chi connectivity index (χ1) is 27.3. The van der Waals surface area contributed by atoms with Gasteiger partial charge in [0, 0.05) is 67.1 Å². The van der Waals surface area contributed by atoms with E-state index >= 15 is 4.39 Å². The van der Waals surface area contributed by atoms with Crippen LogP contribution >= 0.6 is 12.2 Å². The van der Waals surface area contributed by atoms with Gasteiger partial charge in [-0.05, 0) is 100 Å². The first kappa shape index (κ1) is 38.2. The molecular formula is C42H42FN7O6S. The summed E-state index contributed by atoms with van der Waals surface area (Å²) >= 11 is 5.77. The topological polar surface area (TPSA) is 151 Å². The Kier molecular flexibility index (Phi) is 9.83. The number of ether oxygens (including phenoxy) is 1. The SMILES string of the molecule is Cc1cc(N2C(=O)C(C)(C)N(c3ccc(OCC4(N5CCN(CC(=O)Nc6ccc7c(C8CCC(=O)NC8=O)coc7c6)CC5)CC4)c(F)c3)C2=S)ccc1C#N. The van der Waals surface area contributed by atoms with Gasteiger partial charge in [-0.1, -0.05) is 0 Å². The maximum atomic E-state index is 15.7. The molecule has 1 aromatic heterocycles. The van der Waals surface area contributed by atoms with Gasteiger partial charge in [0.2, 0.25) is 17.7 Å². The third kappa shape index (κ3) is 7.13. The third-order valence-corrected chi connectivity index (χ3v) is 12.0. The number of imide groups is 1. The first-order valence-corrected chi connectivity index (χ1v) is 19.4. The molecule has 0 bridgehead atoms. The zero-order valence-corrected chi connectivity index (χ0v) is 32.7. The second-order valence-electron chi connectivity index (χ2n) is 15.8. The summed E-state index contributed by atoms with van der Waals surface area (Å²) in [5.74, 6) is -1.91.